The molecule has 5 heteroatoms. The molecule has 0 bridgehead atoms. The molecule has 0 atom stereocenters. The second-order valence-electron chi connectivity index (χ2n) is 6.85. The number of nitrogens with zero attached hydrogens (tertiary/aromatic N) is 3. The van der Waals surface area contributed by atoms with E-state index >= 15 is 0 Å². The second kappa shape index (κ2) is 8.28. The Balaban J connectivity index is 1.52. The van der Waals surface area contributed by atoms with Crippen molar-refractivity contribution in [3.63, 3.8) is 0 Å². The zero-order valence-corrected chi connectivity index (χ0v) is 14.9. The van der Waals surface area contributed by atoms with Crippen molar-refractivity contribution in [1.82, 2.24) is 15.0 Å². The predicted octanol–water partition coefficient (Wildman–Crippen LogP) is 2.92. The zero-order valence-electron chi connectivity index (χ0n) is 14.9. The van der Waals surface area contributed by atoms with Crippen LogP contribution in [-0.2, 0) is 6.54 Å². The van der Waals surface area contributed by atoms with Crippen molar-refractivity contribution in [2.45, 2.75) is 45.1 Å². The average molecular weight is 339 g/mol. The highest BCUT2D eigenvalue weighted by Gasteiger charge is 2.25. The van der Waals surface area contributed by atoms with Crippen LogP contribution in [0.25, 0.3) is 0 Å². The largest absolute Gasteiger partial charge is 0.384 e. The van der Waals surface area contributed by atoms with E-state index in [2.05, 4.69) is 52.9 Å². The van der Waals surface area contributed by atoms with Crippen LogP contribution in [0.4, 0.5) is 0 Å². The average Bonchev–Trinajstić information content (AvgIpc) is 3.12. The lowest BCUT2D eigenvalue weighted by atomic mass is 9.96. The summed E-state index contributed by atoms with van der Waals surface area (Å²) in [6.45, 7) is 7.08. The van der Waals surface area contributed by atoms with Crippen molar-refractivity contribution in [1.29, 1.82) is 0 Å². The van der Waals surface area contributed by atoms with Crippen LogP contribution in [0.1, 0.15) is 61.4 Å². The number of hydrogen-bond acceptors (Lipinski definition) is 5. The molecule has 0 amide bonds. The molecule has 1 aliphatic rings. The van der Waals surface area contributed by atoms with Crippen molar-refractivity contribution in [2.75, 3.05) is 19.7 Å². The first-order valence-electron chi connectivity index (χ1n) is 8.90. The van der Waals surface area contributed by atoms with E-state index in [0.29, 0.717) is 11.8 Å². The van der Waals surface area contributed by atoms with Gasteiger partial charge in [-0.25, -0.2) is 0 Å². The first kappa shape index (κ1) is 17.7. The van der Waals surface area contributed by atoms with E-state index in [0.717, 1.165) is 49.8 Å². The van der Waals surface area contributed by atoms with Gasteiger partial charge in [-0.3, -0.25) is 4.90 Å². The second-order valence-corrected chi connectivity index (χ2v) is 6.85. The highest BCUT2D eigenvalue weighted by Crippen LogP contribution is 2.28. The summed E-state index contributed by atoms with van der Waals surface area (Å²) in [7, 11) is 0. The molecule has 0 spiro atoms. The van der Waals surface area contributed by atoms with Crippen LogP contribution in [0.2, 0.25) is 0 Å². The Bertz CT molecular complexity index is 732. The molecule has 3 rings (SSSR count). The molecule has 0 radical (unpaired) electrons. The molecule has 132 valence electrons. The van der Waals surface area contributed by atoms with E-state index in [1.807, 2.05) is 12.1 Å². The summed E-state index contributed by atoms with van der Waals surface area (Å²) < 4.78 is 5.45. The Kier molecular flexibility index (Phi) is 5.85. The minimum Gasteiger partial charge on any atom is -0.384 e. The van der Waals surface area contributed by atoms with Gasteiger partial charge >= 0.3 is 0 Å². The normalized spacial score (nSPS) is 16.0. The molecule has 1 aliphatic heterocycles. The Morgan fingerprint density at radius 1 is 1.24 bits per heavy atom. The molecule has 25 heavy (non-hydrogen) atoms. The summed E-state index contributed by atoms with van der Waals surface area (Å²) in [5.41, 5.74) is 2.22. The quantitative estimate of drug-likeness (QED) is 0.868. The van der Waals surface area contributed by atoms with Gasteiger partial charge in [0.15, 0.2) is 5.82 Å². The lowest BCUT2D eigenvalue weighted by Crippen LogP contribution is -2.32. The van der Waals surface area contributed by atoms with Crippen molar-refractivity contribution < 1.29 is 9.63 Å². The Hall–Kier alpha value is -2.16. The van der Waals surface area contributed by atoms with Crippen LogP contribution in [0, 0.1) is 11.8 Å². The van der Waals surface area contributed by atoms with Gasteiger partial charge in [0.25, 0.3) is 0 Å². The number of aliphatic hydroxyl groups excluding tert-OH is 1. The molecule has 0 saturated carbocycles. The van der Waals surface area contributed by atoms with E-state index < -0.39 is 0 Å². The lowest BCUT2D eigenvalue weighted by Gasteiger charge is -2.30. The van der Waals surface area contributed by atoms with Gasteiger partial charge in [0.2, 0.25) is 5.89 Å². The molecule has 1 aromatic carbocycles. The number of benzene rings is 1. The smallest absolute Gasteiger partial charge is 0.229 e. The van der Waals surface area contributed by atoms with Crippen LogP contribution < -0.4 is 0 Å². The summed E-state index contributed by atoms with van der Waals surface area (Å²) in [6, 6.07) is 8.24. The van der Waals surface area contributed by atoms with Gasteiger partial charge in [-0.05, 0) is 43.6 Å². The fraction of sp³-hybridized carbons (Fsp3) is 0.500. The molecule has 0 unspecified atom stereocenters. The van der Waals surface area contributed by atoms with Gasteiger partial charge in [0.05, 0.1) is 0 Å². The molecule has 1 N–H and O–H groups in total. The Labute approximate surface area is 149 Å². The summed E-state index contributed by atoms with van der Waals surface area (Å²) in [6.07, 6.45) is 2.11. The molecule has 5 nitrogen and oxygen atoms in total. The van der Waals surface area contributed by atoms with Crippen molar-refractivity contribution >= 4 is 0 Å². The summed E-state index contributed by atoms with van der Waals surface area (Å²) in [4.78, 5) is 7.01. The zero-order chi connectivity index (χ0) is 17.6. The number of hydrogen-bond donors (Lipinski definition) is 1. The third-order valence-corrected chi connectivity index (χ3v) is 4.58. The Morgan fingerprint density at radius 3 is 2.56 bits per heavy atom. The highest BCUT2D eigenvalue weighted by molar-refractivity contribution is 5.36. The maximum Gasteiger partial charge on any atom is 0.229 e. The van der Waals surface area contributed by atoms with Gasteiger partial charge in [0, 0.05) is 23.9 Å². The van der Waals surface area contributed by atoms with Crippen LogP contribution in [-0.4, -0.2) is 39.8 Å². The van der Waals surface area contributed by atoms with E-state index in [4.69, 9.17) is 9.63 Å². The minimum atomic E-state index is -0.102. The molecular formula is C20H25N3O2. The van der Waals surface area contributed by atoms with Gasteiger partial charge < -0.3 is 9.63 Å². The van der Waals surface area contributed by atoms with Crippen LogP contribution in [0.3, 0.4) is 0 Å². The van der Waals surface area contributed by atoms with E-state index in [9.17, 15) is 0 Å². The third-order valence-electron chi connectivity index (χ3n) is 4.58. The first-order valence-corrected chi connectivity index (χ1v) is 8.90. The van der Waals surface area contributed by atoms with Gasteiger partial charge in [0.1, 0.15) is 6.61 Å². The van der Waals surface area contributed by atoms with Gasteiger partial charge in [-0.2, -0.15) is 4.98 Å². The fourth-order valence-electron chi connectivity index (χ4n) is 3.08. The Morgan fingerprint density at radius 2 is 1.96 bits per heavy atom. The third kappa shape index (κ3) is 4.68. The maximum absolute atomic E-state index is 8.74. The van der Waals surface area contributed by atoms with E-state index in [-0.39, 0.29) is 6.61 Å². The summed E-state index contributed by atoms with van der Waals surface area (Å²) >= 11 is 0. The van der Waals surface area contributed by atoms with E-state index in [1.165, 1.54) is 5.56 Å². The van der Waals surface area contributed by atoms with Crippen LogP contribution in [0.5, 0.6) is 0 Å². The standard InChI is InChI=1S/C20H25N3O2/c1-15(2)19-21-20(25-22-19)18-9-11-23(12-10-18)14-17-7-5-16(6-8-17)4-3-13-24/h5-8,15,18,24H,9-14H2,1-2H3. The predicted molar refractivity (Wildman–Crippen MR) is 96.0 cm³/mol. The van der Waals surface area contributed by atoms with Crippen molar-refractivity contribution in [2.24, 2.45) is 0 Å². The molecule has 1 fully saturated rings. The lowest BCUT2D eigenvalue weighted by molar-refractivity contribution is 0.187. The summed E-state index contributed by atoms with van der Waals surface area (Å²) in [5, 5.41) is 12.8. The maximum atomic E-state index is 8.74. The molecule has 1 saturated heterocycles. The monoisotopic (exact) mass is 339 g/mol. The SMILES string of the molecule is CC(C)c1noc(C2CCN(Cc3ccc(C#CCO)cc3)CC2)n1. The number of aliphatic hydroxyl groups is 1. The number of aromatic nitrogens is 2. The minimum absolute atomic E-state index is 0.102. The van der Waals surface area contributed by atoms with Crippen LogP contribution in [0.15, 0.2) is 28.8 Å². The molecule has 0 aliphatic carbocycles. The van der Waals surface area contributed by atoms with Crippen LogP contribution >= 0.6 is 0 Å². The number of rotatable bonds is 4. The highest BCUT2D eigenvalue weighted by atomic mass is 16.5. The molecular weight excluding hydrogens is 314 g/mol. The molecule has 2 aromatic rings. The summed E-state index contributed by atoms with van der Waals surface area (Å²) in [5.74, 6) is 7.89. The number of likely N-dealkylation sites (tertiary alicyclic amines) is 1. The van der Waals surface area contributed by atoms with Crippen molar-refractivity contribution in [3.8, 4) is 11.8 Å². The molecule has 1 aromatic heterocycles. The molecule has 2 heterocycles. The fourth-order valence-corrected chi connectivity index (χ4v) is 3.08. The van der Waals surface area contributed by atoms with Crippen molar-refractivity contribution in [3.05, 3.63) is 47.1 Å². The van der Waals surface area contributed by atoms with Gasteiger partial charge in [-0.15, -0.1) is 0 Å². The first-order chi connectivity index (χ1) is 12.2. The van der Waals surface area contributed by atoms with Gasteiger partial charge in [-0.1, -0.05) is 43.0 Å². The topological polar surface area (TPSA) is 62.4 Å². The van der Waals surface area contributed by atoms with E-state index in [1.54, 1.807) is 0 Å². The number of piperidine rings is 1.